The highest BCUT2D eigenvalue weighted by atomic mass is 32.2. The monoisotopic (exact) mass is 509 g/mol. The van der Waals surface area contributed by atoms with Gasteiger partial charge in [-0.1, -0.05) is 65.9 Å². The van der Waals surface area contributed by atoms with Gasteiger partial charge in [0.25, 0.3) is 5.91 Å². The number of benzene rings is 3. The Kier molecular flexibility index (Phi) is 7.37. The number of hydrogen-bond donors (Lipinski definition) is 1. The van der Waals surface area contributed by atoms with Crippen molar-refractivity contribution >= 4 is 17.7 Å². The molecule has 5 aromatic rings. The molecule has 0 bridgehead atoms. The average Bonchev–Trinajstić information content (AvgIpc) is 3.35. The lowest BCUT2D eigenvalue weighted by Gasteiger charge is -2.11. The van der Waals surface area contributed by atoms with Crippen molar-refractivity contribution in [1.29, 1.82) is 0 Å². The molecule has 0 radical (unpaired) electrons. The molecule has 8 heteroatoms. The lowest BCUT2D eigenvalue weighted by molar-refractivity contribution is 0.0951. The van der Waals surface area contributed by atoms with Gasteiger partial charge in [-0.2, -0.15) is 0 Å². The maximum atomic E-state index is 14.8. The molecule has 3 aromatic carbocycles. The van der Waals surface area contributed by atoms with Crippen molar-refractivity contribution in [2.75, 3.05) is 0 Å². The molecule has 0 atom stereocenters. The lowest BCUT2D eigenvalue weighted by Crippen LogP contribution is -2.22. The molecule has 1 N–H and O–H groups in total. The SMILES string of the molecule is Cc1ccc(-c2nnc(SCc3ccc(C(=O)NCc4ccncc4)cc3)n2-c2ccccc2F)cc1. The van der Waals surface area contributed by atoms with Gasteiger partial charge in [-0.3, -0.25) is 14.3 Å². The van der Waals surface area contributed by atoms with E-state index in [1.807, 2.05) is 55.5 Å². The van der Waals surface area contributed by atoms with Crippen LogP contribution in [0.15, 0.2) is 102 Å². The zero-order chi connectivity index (χ0) is 25.6. The van der Waals surface area contributed by atoms with E-state index in [0.717, 1.165) is 22.3 Å². The molecule has 184 valence electrons. The van der Waals surface area contributed by atoms with Gasteiger partial charge in [0, 0.05) is 35.8 Å². The predicted molar refractivity (Wildman–Crippen MR) is 143 cm³/mol. The summed E-state index contributed by atoms with van der Waals surface area (Å²) >= 11 is 1.46. The Hall–Kier alpha value is -4.30. The fourth-order valence-corrected chi connectivity index (χ4v) is 4.69. The third-order valence-corrected chi connectivity index (χ3v) is 6.82. The van der Waals surface area contributed by atoms with Gasteiger partial charge in [0.15, 0.2) is 11.0 Å². The number of aryl methyl sites for hydroxylation is 1. The summed E-state index contributed by atoms with van der Waals surface area (Å²) in [6.45, 7) is 2.45. The summed E-state index contributed by atoms with van der Waals surface area (Å²) in [5.41, 5.74) is 4.96. The normalized spacial score (nSPS) is 10.9. The first-order valence-electron chi connectivity index (χ1n) is 11.7. The van der Waals surface area contributed by atoms with Crippen molar-refractivity contribution in [3.05, 3.63) is 125 Å². The topological polar surface area (TPSA) is 72.7 Å². The summed E-state index contributed by atoms with van der Waals surface area (Å²) in [5, 5.41) is 12.3. The quantitative estimate of drug-likeness (QED) is 0.260. The van der Waals surface area contributed by atoms with E-state index in [2.05, 4.69) is 20.5 Å². The summed E-state index contributed by atoms with van der Waals surface area (Å²) < 4.78 is 16.6. The largest absolute Gasteiger partial charge is 0.348 e. The minimum Gasteiger partial charge on any atom is -0.348 e. The van der Waals surface area contributed by atoms with Crippen LogP contribution in [0.5, 0.6) is 0 Å². The molecule has 0 aliphatic rings. The Balaban J connectivity index is 1.32. The Morgan fingerprint density at radius 2 is 1.62 bits per heavy atom. The van der Waals surface area contributed by atoms with E-state index in [4.69, 9.17) is 0 Å². The highest BCUT2D eigenvalue weighted by Crippen LogP contribution is 2.31. The Bertz CT molecular complexity index is 1500. The zero-order valence-electron chi connectivity index (χ0n) is 20.1. The van der Waals surface area contributed by atoms with Crippen molar-refractivity contribution in [2.45, 2.75) is 24.4 Å². The zero-order valence-corrected chi connectivity index (χ0v) is 21.0. The minimum absolute atomic E-state index is 0.141. The summed E-state index contributed by atoms with van der Waals surface area (Å²) in [4.78, 5) is 16.5. The van der Waals surface area contributed by atoms with E-state index in [1.54, 1.807) is 47.3 Å². The third-order valence-electron chi connectivity index (χ3n) is 5.82. The maximum absolute atomic E-state index is 14.8. The van der Waals surface area contributed by atoms with Gasteiger partial charge in [0.05, 0.1) is 5.69 Å². The van der Waals surface area contributed by atoms with Gasteiger partial charge in [-0.25, -0.2) is 4.39 Å². The van der Waals surface area contributed by atoms with Crippen LogP contribution in [0.2, 0.25) is 0 Å². The van der Waals surface area contributed by atoms with Crippen LogP contribution >= 0.6 is 11.8 Å². The van der Waals surface area contributed by atoms with E-state index in [1.165, 1.54) is 17.8 Å². The Morgan fingerprint density at radius 3 is 2.35 bits per heavy atom. The number of halogens is 1. The Morgan fingerprint density at radius 1 is 0.892 bits per heavy atom. The smallest absolute Gasteiger partial charge is 0.251 e. The van der Waals surface area contributed by atoms with Gasteiger partial charge in [0.1, 0.15) is 5.82 Å². The van der Waals surface area contributed by atoms with Crippen LogP contribution in [-0.4, -0.2) is 25.7 Å². The number of carbonyl (C=O) groups excluding carboxylic acids is 1. The van der Waals surface area contributed by atoms with Crippen molar-refractivity contribution in [3.8, 4) is 17.1 Å². The molecule has 0 spiro atoms. The molecule has 0 saturated carbocycles. The first-order chi connectivity index (χ1) is 18.1. The first kappa shape index (κ1) is 24.4. The molecule has 0 aliphatic carbocycles. The van der Waals surface area contributed by atoms with Gasteiger partial charge in [-0.05, 0) is 54.4 Å². The van der Waals surface area contributed by atoms with Crippen molar-refractivity contribution in [3.63, 3.8) is 0 Å². The summed E-state index contributed by atoms with van der Waals surface area (Å²) in [6, 6.07) is 25.7. The summed E-state index contributed by atoms with van der Waals surface area (Å²) in [7, 11) is 0. The number of thioether (sulfide) groups is 1. The van der Waals surface area contributed by atoms with Gasteiger partial charge in [0.2, 0.25) is 0 Å². The van der Waals surface area contributed by atoms with Crippen molar-refractivity contribution in [1.82, 2.24) is 25.1 Å². The second-order valence-corrected chi connectivity index (χ2v) is 9.43. The Labute approximate surface area is 218 Å². The van der Waals surface area contributed by atoms with Crippen molar-refractivity contribution < 1.29 is 9.18 Å². The van der Waals surface area contributed by atoms with E-state index in [-0.39, 0.29) is 11.7 Å². The van der Waals surface area contributed by atoms with Crippen LogP contribution in [0.3, 0.4) is 0 Å². The van der Waals surface area contributed by atoms with Crippen LogP contribution < -0.4 is 5.32 Å². The highest BCUT2D eigenvalue weighted by molar-refractivity contribution is 7.98. The highest BCUT2D eigenvalue weighted by Gasteiger charge is 2.18. The molecule has 0 aliphatic heterocycles. The molecule has 0 fully saturated rings. The number of amides is 1. The summed E-state index contributed by atoms with van der Waals surface area (Å²) in [5.74, 6) is 0.672. The molecule has 37 heavy (non-hydrogen) atoms. The average molecular weight is 510 g/mol. The number of rotatable bonds is 8. The third kappa shape index (κ3) is 5.76. The van der Waals surface area contributed by atoms with Gasteiger partial charge in [-0.15, -0.1) is 10.2 Å². The fourth-order valence-electron chi connectivity index (χ4n) is 3.79. The lowest BCUT2D eigenvalue weighted by atomic mass is 10.1. The first-order valence-corrected chi connectivity index (χ1v) is 12.7. The minimum atomic E-state index is -0.348. The van der Waals surface area contributed by atoms with Crippen molar-refractivity contribution in [2.24, 2.45) is 0 Å². The van der Waals surface area contributed by atoms with Crippen LogP contribution in [0.25, 0.3) is 17.1 Å². The van der Waals surface area contributed by atoms with Gasteiger partial charge < -0.3 is 5.32 Å². The molecule has 2 aromatic heterocycles. The number of para-hydroxylation sites is 1. The molecular weight excluding hydrogens is 485 g/mol. The molecule has 5 rings (SSSR count). The second kappa shape index (κ2) is 11.2. The number of pyridine rings is 1. The van der Waals surface area contributed by atoms with E-state index in [9.17, 15) is 9.18 Å². The second-order valence-electron chi connectivity index (χ2n) is 8.48. The molecule has 1 amide bonds. The number of hydrogen-bond acceptors (Lipinski definition) is 5. The maximum Gasteiger partial charge on any atom is 0.251 e. The fraction of sp³-hybridized carbons (Fsp3) is 0.103. The number of carbonyl (C=O) groups is 1. The number of nitrogens with one attached hydrogen (secondary N) is 1. The molecular formula is C29H24FN5OS. The molecule has 6 nitrogen and oxygen atoms in total. The molecule has 0 saturated heterocycles. The van der Waals surface area contributed by atoms with E-state index < -0.39 is 0 Å². The van der Waals surface area contributed by atoms with Crippen LogP contribution in [-0.2, 0) is 12.3 Å². The number of aromatic nitrogens is 4. The predicted octanol–water partition coefficient (Wildman–Crippen LogP) is 6.00. The van der Waals surface area contributed by atoms with Crippen LogP contribution in [0, 0.1) is 12.7 Å². The van der Waals surface area contributed by atoms with Crippen LogP contribution in [0.4, 0.5) is 4.39 Å². The van der Waals surface area contributed by atoms with E-state index in [0.29, 0.717) is 34.5 Å². The standard InChI is InChI=1S/C29H24FN5OS/c1-20-6-10-23(11-7-20)27-33-34-29(35(27)26-5-3-2-4-25(26)30)37-19-22-8-12-24(13-9-22)28(36)32-18-21-14-16-31-17-15-21/h2-17H,18-19H2,1H3,(H,32,36). The molecule has 2 heterocycles. The van der Waals surface area contributed by atoms with Crippen LogP contribution in [0.1, 0.15) is 27.0 Å². The van der Waals surface area contributed by atoms with Gasteiger partial charge >= 0.3 is 0 Å². The summed E-state index contributed by atoms with van der Waals surface area (Å²) in [6.07, 6.45) is 3.40. The number of nitrogens with zero attached hydrogens (tertiary/aromatic N) is 4. The van der Waals surface area contributed by atoms with E-state index >= 15 is 0 Å². The molecule has 0 unspecified atom stereocenters.